The molecule has 2 aliphatic rings. The molecule has 0 bridgehead atoms. The lowest BCUT2D eigenvalue weighted by Crippen LogP contribution is -2.37. The predicted molar refractivity (Wildman–Crippen MR) is 120 cm³/mol. The van der Waals surface area contributed by atoms with Crippen LogP contribution in [0.2, 0.25) is 0 Å². The maximum absolute atomic E-state index is 14.0. The molecule has 2 fully saturated rings. The summed E-state index contributed by atoms with van der Waals surface area (Å²) in [5.41, 5.74) is 2.49. The van der Waals surface area contributed by atoms with Crippen molar-refractivity contribution < 1.29 is 9.13 Å². The quantitative estimate of drug-likeness (QED) is 0.610. The van der Waals surface area contributed by atoms with Gasteiger partial charge in [0, 0.05) is 55.3 Å². The van der Waals surface area contributed by atoms with E-state index in [1.54, 1.807) is 24.7 Å². The minimum atomic E-state index is -0.130. The highest BCUT2D eigenvalue weighted by Gasteiger charge is 2.25. The van der Waals surface area contributed by atoms with Crippen molar-refractivity contribution in [3.63, 3.8) is 0 Å². The van der Waals surface area contributed by atoms with Gasteiger partial charge in [0.05, 0.1) is 19.4 Å². The third-order valence-corrected chi connectivity index (χ3v) is 6.22. The van der Waals surface area contributed by atoms with Crippen molar-refractivity contribution in [1.29, 1.82) is 0 Å². The van der Waals surface area contributed by atoms with E-state index in [1.807, 2.05) is 12.1 Å². The number of nitrogens with zero attached hydrogens (tertiary/aromatic N) is 6. The van der Waals surface area contributed by atoms with Crippen molar-refractivity contribution in [3.8, 4) is 11.5 Å². The fourth-order valence-electron chi connectivity index (χ4n) is 4.40. The molecule has 0 radical (unpaired) electrons. The largest absolute Gasteiger partial charge is 0.378 e. The summed E-state index contributed by atoms with van der Waals surface area (Å²) in [6.07, 6.45) is 6.99. The molecule has 0 aliphatic carbocycles. The number of likely N-dealkylation sites (tertiary alicyclic amines) is 1. The van der Waals surface area contributed by atoms with Gasteiger partial charge in [-0.25, -0.2) is 19.3 Å². The third-order valence-electron chi connectivity index (χ3n) is 6.22. The molecule has 0 amide bonds. The molecule has 2 saturated heterocycles. The molecule has 5 rings (SSSR count). The van der Waals surface area contributed by atoms with Crippen LogP contribution in [0, 0.1) is 5.82 Å². The van der Waals surface area contributed by atoms with Gasteiger partial charge in [0.1, 0.15) is 17.3 Å². The highest BCUT2D eigenvalue weighted by molar-refractivity contribution is 5.53. The second-order valence-corrected chi connectivity index (χ2v) is 8.31. The van der Waals surface area contributed by atoms with Crippen LogP contribution in [-0.4, -0.2) is 64.2 Å². The zero-order valence-corrected chi connectivity index (χ0v) is 18.0. The van der Waals surface area contributed by atoms with Gasteiger partial charge in [-0.15, -0.1) is 0 Å². The highest BCUT2D eigenvalue weighted by Crippen LogP contribution is 2.31. The lowest BCUT2D eigenvalue weighted by molar-refractivity contribution is 0.122. The SMILES string of the molecule is Fc1ccccc1CN1CCC(c2cc(N3CCOCC3)nc(-c3cnccn3)n2)CC1. The van der Waals surface area contributed by atoms with Gasteiger partial charge in [-0.2, -0.15) is 0 Å². The summed E-state index contributed by atoms with van der Waals surface area (Å²) in [7, 11) is 0. The first-order chi connectivity index (χ1) is 15.8. The van der Waals surface area contributed by atoms with Crippen molar-refractivity contribution in [1.82, 2.24) is 24.8 Å². The Morgan fingerprint density at radius 3 is 2.56 bits per heavy atom. The van der Waals surface area contributed by atoms with E-state index in [0.717, 1.165) is 56.1 Å². The van der Waals surface area contributed by atoms with E-state index in [4.69, 9.17) is 14.7 Å². The molecule has 0 atom stereocenters. The lowest BCUT2D eigenvalue weighted by atomic mass is 9.92. The predicted octanol–water partition coefficient (Wildman–Crippen LogP) is 3.29. The molecule has 32 heavy (non-hydrogen) atoms. The molecule has 2 aliphatic heterocycles. The minimum Gasteiger partial charge on any atom is -0.378 e. The van der Waals surface area contributed by atoms with E-state index < -0.39 is 0 Å². The van der Waals surface area contributed by atoms with Crippen LogP contribution in [0.1, 0.15) is 30.0 Å². The highest BCUT2D eigenvalue weighted by atomic mass is 19.1. The number of morpholine rings is 1. The fraction of sp³-hybridized carbons (Fsp3) is 0.417. The Morgan fingerprint density at radius 1 is 1.00 bits per heavy atom. The first-order valence-electron chi connectivity index (χ1n) is 11.2. The summed E-state index contributed by atoms with van der Waals surface area (Å²) < 4.78 is 19.6. The summed E-state index contributed by atoms with van der Waals surface area (Å²) in [5.74, 6) is 1.75. The summed E-state index contributed by atoms with van der Waals surface area (Å²) in [5, 5.41) is 0. The van der Waals surface area contributed by atoms with E-state index in [9.17, 15) is 4.39 Å². The summed E-state index contributed by atoms with van der Waals surface area (Å²) in [4.78, 5) is 22.9. The maximum atomic E-state index is 14.0. The summed E-state index contributed by atoms with van der Waals surface area (Å²) in [6, 6.07) is 9.16. The van der Waals surface area contributed by atoms with Crippen molar-refractivity contribution in [2.75, 3.05) is 44.3 Å². The number of benzene rings is 1. The first-order valence-corrected chi connectivity index (χ1v) is 11.2. The number of anilines is 1. The molecular formula is C24H27FN6O. The van der Waals surface area contributed by atoms with E-state index >= 15 is 0 Å². The number of piperidine rings is 1. The van der Waals surface area contributed by atoms with E-state index in [0.29, 0.717) is 37.2 Å². The minimum absolute atomic E-state index is 0.130. The Balaban J connectivity index is 1.35. The number of hydrogen-bond donors (Lipinski definition) is 0. The van der Waals surface area contributed by atoms with Crippen LogP contribution < -0.4 is 4.90 Å². The summed E-state index contributed by atoms with van der Waals surface area (Å²) >= 11 is 0. The summed E-state index contributed by atoms with van der Waals surface area (Å²) in [6.45, 7) is 5.51. The van der Waals surface area contributed by atoms with Crippen molar-refractivity contribution >= 4 is 5.82 Å². The average molecular weight is 435 g/mol. The van der Waals surface area contributed by atoms with Crippen LogP contribution >= 0.6 is 0 Å². The molecule has 166 valence electrons. The van der Waals surface area contributed by atoms with Crippen molar-refractivity contribution in [2.24, 2.45) is 0 Å². The Kier molecular flexibility index (Phi) is 6.31. The van der Waals surface area contributed by atoms with Gasteiger partial charge in [0.2, 0.25) is 0 Å². The van der Waals surface area contributed by atoms with Gasteiger partial charge < -0.3 is 9.64 Å². The standard InChI is InChI=1S/C24H27FN6O/c25-20-4-2-1-3-19(20)17-30-9-5-18(6-10-30)21-15-23(31-11-13-32-14-12-31)29-24(28-21)22-16-26-7-8-27-22/h1-4,7-8,15-16,18H,5-6,9-14,17H2. The molecule has 4 heterocycles. The number of aromatic nitrogens is 4. The van der Waals surface area contributed by atoms with Crippen LogP contribution in [-0.2, 0) is 11.3 Å². The van der Waals surface area contributed by atoms with Gasteiger partial charge in [-0.1, -0.05) is 18.2 Å². The molecule has 0 spiro atoms. The fourth-order valence-corrected chi connectivity index (χ4v) is 4.40. The van der Waals surface area contributed by atoms with Gasteiger partial charge >= 0.3 is 0 Å². The molecule has 1 aromatic carbocycles. The zero-order valence-electron chi connectivity index (χ0n) is 18.0. The second kappa shape index (κ2) is 9.67. The van der Waals surface area contributed by atoms with E-state index in [2.05, 4.69) is 25.8 Å². The Bertz CT molecular complexity index is 1040. The maximum Gasteiger partial charge on any atom is 0.182 e. The number of ether oxygens (including phenoxy) is 1. The zero-order chi connectivity index (χ0) is 21.8. The molecule has 3 aromatic rings. The van der Waals surface area contributed by atoms with Crippen molar-refractivity contribution in [2.45, 2.75) is 25.3 Å². The van der Waals surface area contributed by atoms with Gasteiger partial charge in [0.15, 0.2) is 5.82 Å². The molecule has 0 N–H and O–H groups in total. The van der Waals surface area contributed by atoms with Gasteiger partial charge in [-0.05, 0) is 32.0 Å². The van der Waals surface area contributed by atoms with Crippen molar-refractivity contribution in [3.05, 3.63) is 66.0 Å². The van der Waals surface area contributed by atoms with Gasteiger partial charge in [-0.3, -0.25) is 9.88 Å². The Morgan fingerprint density at radius 2 is 1.81 bits per heavy atom. The Hall–Kier alpha value is -2.97. The van der Waals surface area contributed by atoms with E-state index in [1.165, 1.54) is 6.07 Å². The van der Waals surface area contributed by atoms with Crippen LogP contribution in [0.15, 0.2) is 48.9 Å². The average Bonchev–Trinajstić information content (AvgIpc) is 2.87. The normalized spacial score (nSPS) is 18.1. The first kappa shape index (κ1) is 20.9. The topological polar surface area (TPSA) is 67.3 Å². The smallest absolute Gasteiger partial charge is 0.182 e. The monoisotopic (exact) mass is 434 g/mol. The molecule has 0 unspecified atom stereocenters. The third kappa shape index (κ3) is 4.76. The molecule has 7 nitrogen and oxygen atoms in total. The number of rotatable bonds is 5. The number of halogens is 1. The van der Waals surface area contributed by atoms with Crippen LogP contribution in [0.5, 0.6) is 0 Å². The van der Waals surface area contributed by atoms with Gasteiger partial charge in [0.25, 0.3) is 0 Å². The van der Waals surface area contributed by atoms with Crippen LogP contribution in [0.25, 0.3) is 11.5 Å². The van der Waals surface area contributed by atoms with Crippen LogP contribution in [0.3, 0.4) is 0 Å². The molecular weight excluding hydrogens is 407 g/mol. The van der Waals surface area contributed by atoms with E-state index in [-0.39, 0.29) is 5.82 Å². The molecule has 8 heteroatoms. The number of hydrogen-bond acceptors (Lipinski definition) is 7. The lowest BCUT2D eigenvalue weighted by Gasteiger charge is -2.33. The Labute approximate surface area is 187 Å². The second-order valence-electron chi connectivity index (χ2n) is 8.31. The molecule has 2 aromatic heterocycles. The molecule has 0 saturated carbocycles. The van der Waals surface area contributed by atoms with Crippen LogP contribution in [0.4, 0.5) is 10.2 Å².